The number of nitrogens with two attached hydrogens (primary N) is 1. The number of pyridine rings is 1. The van der Waals surface area contributed by atoms with Gasteiger partial charge in [-0.3, -0.25) is 4.98 Å². The number of aromatic nitrogens is 3. The highest BCUT2D eigenvalue weighted by Gasteiger charge is 2.42. The number of fused-ring (bicyclic) bond motifs is 1. The van der Waals surface area contributed by atoms with Crippen molar-refractivity contribution in [3.8, 4) is 0 Å². The summed E-state index contributed by atoms with van der Waals surface area (Å²) in [6.45, 7) is 9.69. The molecule has 144 valence electrons. The van der Waals surface area contributed by atoms with Gasteiger partial charge >= 0.3 is 0 Å². The van der Waals surface area contributed by atoms with E-state index >= 15 is 0 Å². The predicted octanol–water partition coefficient (Wildman–Crippen LogP) is 3.51. The number of piperidine rings is 1. The number of anilines is 1. The van der Waals surface area contributed by atoms with E-state index in [1.54, 1.807) is 12.1 Å². The average Bonchev–Trinajstić information content (AvgIpc) is 3.02. The molecule has 0 bridgehead atoms. The predicted molar refractivity (Wildman–Crippen MR) is 104 cm³/mol. The maximum atomic E-state index is 13.9. The molecule has 1 aromatic carbocycles. The minimum atomic E-state index is -2.86. The molecule has 28 heavy (non-hydrogen) atoms. The fourth-order valence-electron chi connectivity index (χ4n) is 3.48. The number of nitrogens with zero attached hydrogens (tertiary/aromatic N) is 5. The number of imidazole rings is 1. The highest BCUT2D eigenvalue weighted by Crippen LogP contribution is 2.32. The van der Waals surface area contributed by atoms with Crippen molar-refractivity contribution in [3.05, 3.63) is 59.2 Å². The molecule has 0 spiro atoms. The summed E-state index contributed by atoms with van der Waals surface area (Å²) >= 11 is 0. The van der Waals surface area contributed by atoms with Gasteiger partial charge in [0, 0.05) is 25.7 Å². The Morgan fingerprint density at radius 1 is 1.32 bits per heavy atom. The van der Waals surface area contributed by atoms with E-state index in [0.717, 1.165) is 22.3 Å². The van der Waals surface area contributed by atoms with Crippen molar-refractivity contribution in [2.75, 3.05) is 18.0 Å². The van der Waals surface area contributed by atoms with Crippen molar-refractivity contribution in [2.45, 2.75) is 31.9 Å². The molecule has 8 heteroatoms. The normalized spacial score (nSPS) is 19.0. The van der Waals surface area contributed by atoms with Crippen LogP contribution in [0, 0.1) is 13.5 Å². The van der Waals surface area contributed by atoms with Crippen LogP contribution in [-0.4, -0.2) is 39.6 Å². The molecule has 0 radical (unpaired) electrons. The monoisotopic (exact) mass is 382 g/mol. The second-order valence-corrected chi connectivity index (χ2v) is 7.17. The van der Waals surface area contributed by atoms with Crippen LogP contribution in [0.25, 0.3) is 15.9 Å². The summed E-state index contributed by atoms with van der Waals surface area (Å²) in [6, 6.07) is 8.24. The number of alkyl halides is 2. The highest BCUT2D eigenvalue weighted by molar-refractivity contribution is 5.80. The van der Waals surface area contributed by atoms with Crippen molar-refractivity contribution >= 4 is 22.7 Å². The van der Waals surface area contributed by atoms with Crippen molar-refractivity contribution in [2.24, 2.45) is 5.73 Å². The van der Waals surface area contributed by atoms with Gasteiger partial charge in [-0.2, -0.15) is 0 Å². The summed E-state index contributed by atoms with van der Waals surface area (Å²) < 4.78 is 29.7. The minimum absolute atomic E-state index is 0.0411. The molecule has 2 aromatic heterocycles. The lowest BCUT2D eigenvalue weighted by atomic mass is 10.0. The van der Waals surface area contributed by atoms with Gasteiger partial charge in [-0.1, -0.05) is 12.1 Å². The number of rotatable bonds is 3. The van der Waals surface area contributed by atoms with Crippen LogP contribution in [0.2, 0.25) is 0 Å². The molecule has 0 amide bonds. The Balaban J connectivity index is 1.75. The number of halogens is 2. The first-order valence-corrected chi connectivity index (χ1v) is 9.05. The van der Waals surface area contributed by atoms with Crippen LogP contribution in [0.5, 0.6) is 0 Å². The van der Waals surface area contributed by atoms with Gasteiger partial charge in [0.15, 0.2) is 0 Å². The average molecular weight is 382 g/mol. The second-order valence-electron chi connectivity index (χ2n) is 7.17. The van der Waals surface area contributed by atoms with Crippen LogP contribution in [0.3, 0.4) is 0 Å². The standard InChI is InChI=1S/C20H20F2N6/c1-13-3-6-17-16(9-13)26-19(27-8-7-20(21,22)18(23)12-27)28(17)11-15-5-4-14(24-2)10-25-15/h3-6,9-10,18H,7-8,11-12,23H2,1H3/t18-/m1/s1. The summed E-state index contributed by atoms with van der Waals surface area (Å²) in [5, 5.41) is 0. The summed E-state index contributed by atoms with van der Waals surface area (Å²) in [7, 11) is 0. The molecule has 0 unspecified atom stereocenters. The van der Waals surface area contributed by atoms with Gasteiger partial charge in [0.05, 0.1) is 35.9 Å². The van der Waals surface area contributed by atoms with Gasteiger partial charge in [0.2, 0.25) is 11.6 Å². The van der Waals surface area contributed by atoms with E-state index in [4.69, 9.17) is 17.3 Å². The van der Waals surface area contributed by atoms with Crippen molar-refractivity contribution < 1.29 is 8.78 Å². The molecule has 4 rings (SSSR count). The molecular formula is C20H20F2N6. The first-order chi connectivity index (χ1) is 13.4. The van der Waals surface area contributed by atoms with Crippen molar-refractivity contribution in [1.82, 2.24) is 14.5 Å². The van der Waals surface area contributed by atoms with E-state index in [1.165, 1.54) is 6.20 Å². The van der Waals surface area contributed by atoms with Gasteiger partial charge in [-0.25, -0.2) is 18.6 Å². The Kier molecular flexibility index (Phi) is 4.47. The molecule has 1 saturated heterocycles. The fraction of sp³-hybridized carbons (Fsp3) is 0.350. The lowest BCUT2D eigenvalue weighted by molar-refractivity contribution is -0.0395. The topological polar surface area (TPSA) is 64.3 Å². The molecule has 3 aromatic rings. The SMILES string of the molecule is [C-]#[N+]c1ccc(Cn2c(N3CCC(F)(F)[C@H](N)C3)nc3cc(C)ccc32)nc1. The van der Waals surface area contributed by atoms with Crippen molar-refractivity contribution in [3.63, 3.8) is 0 Å². The third-order valence-corrected chi connectivity index (χ3v) is 5.10. The Morgan fingerprint density at radius 2 is 2.14 bits per heavy atom. The third kappa shape index (κ3) is 3.29. The van der Waals surface area contributed by atoms with E-state index < -0.39 is 12.0 Å². The van der Waals surface area contributed by atoms with Gasteiger partial charge in [-0.05, 0) is 30.7 Å². The largest absolute Gasteiger partial charge is 0.340 e. The molecule has 1 atom stereocenters. The fourth-order valence-corrected chi connectivity index (χ4v) is 3.48. The van der Waals surface area contributed by atoms with Crippen LogP contribution in [0.4, 0.5) is 20.4 Å². The Labute approximate surface area is 161 Å². The highest BCUT2D eigenvalue weighted by atomic mass is 19.3. The molecular weight excluding hydrogens is 362 g/mol. The van der Waals surface area contributed by atoms with Gasteiger partial charge in [0.1, 0.15) is 0 Å². The second kappa shape index (κ2) is 6.84. The molecule has 1 aliphatic heterocycles. The Bertz CT molecular complexity index is 1050. The van der Waals surface area contributed by atoms with E-state index in [-0.39, 0.29) is 19.5 Å². The lowest BCUT2D eigenvalue weighted by Crippen LogP contribution is -2.55. The van der Waals surface area contributed by atoms with Crippen LogP contribution in [-0.2, 0) is 6.54 Å². The maximum absolute atomic E-state index is 13.9. The zero-order chi connectivity index (χ0) is 19.9. The smallest absolute Gasteiger partial charge is 0.266 e. The molecule has 0 aliphatic carbocycles. The van der Waals surface area contributed by atoms with E-state index in [0.29, 0.717) is 18.2 Å². The number of benzene rings is 1. The first kappa shape index (κ1) is 18.3. The van der Waals surface area contributed by atoms with Gasteiger partial charge < -0.3 is 15.2 Å². The number of aryl methyl sites for hydroxylation is 1. The van der Waals surface area contributed by atoms with E-state index in [1.807, 2.05) is 34.6 Å². The summed E-state index contributed by atoms with van der Waals surface area (Å²) in [4.78, 5) is 14.2. The quantitative estimate of drug-likeness (QED) is 0.704. The zero-order valence-corrected chi connectivity index (χ0v) is 15.4. The number of hydrogen-bond donors (Lipinski definition) is 1. The lowest BCUT2D eigenvalue weighted by Gasteiger charge is -2.37. The molecule has 6 nitrogen and oxygen atoms in total. The molecule has 3 heterocycles. The van der Waals surface area contributed by atoms with Gasteiger partial charge in [0.25, 0.3) is 5.92 Å². The number of hydrogen-bond acceptors (Lipinski definition) is 4. The molecule has 2 N–H and O–H groups in total. The van der Waals surface area contributed by atoms with Crippen molar-refractivity contribution in [1.29, 1.82) is 0 Å². The zero-order valence-electron chi connectivity index (χ0n) is 15.4. The van der Waals surface area contributed by atoms with Gasteiger partial charge in [-0.15, -0.1) is 0 Å². The van der Waals surface area contributed by atoms with Crippen LogP contribution in [0.15, 0.2) is 36.5 Å². The Hall–Kier alpha value is -3.05. The first-order valence-electron chi connectivity index (χ1n) is 9.05. The Morgan fingerprint density at radius 3 is 2.82 bits per heavy atom. The van der Waals surface area contributed by atoms with Crippen LogP contribution in [0.1, 0.15) is 17.7 Å². The van der Waals surface area contributed by atoms with E-state index in [9.17, 15) is 8.78 Å². The summed E-state index contributed by atoms with van der Waals surface area (Å²) in [5.74, 6) is -2.25. The molecule has 1 fully saturated rings. The van der Waals surface area contributed by atoms with Crippen LogP contribution < -0.4 is 10.6 Å². The maximum Gasteiger partial charge on any atom is 0.266 e. The van der Waals surface area contributed by atoms with Crippen LogP contribution >= 0.6 is 0 Å². The summed E-state index contributed by atoms with van der Waals surface area (Å²) in [6.07, 6.45) is 1.23. The minimum Gasteiger partial charge on any atom is -0.340 e. The summed E-state index contributed by atoms with van der Waals surface area (Å²) in [5.41, 5.74) is 9.74. The third-order valence-electron chi connectivity index (χ3n) is 5.10. The molecule has 1 aliphatic rings. The molecule has 0 saturated carbocycles. The van der Waals surface area contributed by atoms with E-state index in [2.05, 4.69) is 9.83 Å².